The van der Waals surface area contributed by atoms with Gasteiger partial charge in [-0.05, 0) is 36.9 Å². The van der Waals surface area contributed by atoms with Crippen molar-refractivity contribution in [3.63, 3.8) is 0 Å². The van der Waals surface area contributed by atoms with Crippen LogP contribution in [0.3, 0.4) is 0 Å². The summed E-state index contributed by atoms with van der Waals surface area (Å²) in [5, 5.41) is 2.84. The molecule has 0 saturated carbocycles. The van der Waals surface area contributed by atoms with Crippen LogP contribution in [0.15, 0.2) is 29.6 Å². The Balaban J connectivity index is 2.07. The SMILES string of the molecule is Cc1ccc(Oc2nc(N)nc3sccc23)c(C)c1. The van der Waals surface area contributed by atoms with E-state index in [0.29, 0.717) is 5.88 Å². The Kier molecular flexibility index (Phi) is 2.83. The number of aryl methyl sites for hydroxylation is 2. The van der Waals surface area contributed by atoms with Crippen LogP contribution in [-0.4, -0.2) is 9.97 Å². The van der Waals surface area contributed by atoms with Crippen molar-refractivity contribution in [1.29, 1.82) is 0 Å². The van der Waals surface area contributed by atoms with Gasteiger partial charge >= 0.3 is 0 Å². The Morgan fingerprint density at radius 3 is 2.79 bits per heavy atom. The standard InChI is InChI=1S/C14H13N3OS/c1-8-3-4-11(9(2)7-8)18-12-10-5-6-19-13(10)17-14(15)16-12/h3-7H,1-2H3,(H2,15,16,17). The molecule has 0 fully saturated rings. The third kappa shape index (κ3) is 2.24. The minimum atomic E-state index is 0.231. The van der Waals surface area contributed by atoms with Gasteiger partial charge in [0.05, 0.1) is 5.39 Å². The van der Waals surface area contributed by atoms with Gasteiger partial charge in [0.1, 0.15) is 10.6 Å². The normalized spacial score (nSPS) is 10.8. The first kappa shape index (κ1) is 11.9. The van der Waals surface area contributed by atoms with Crippen molar-refractivity contribution in [2.75, 3.05) is 5.73 Å². The summed E-state index contributed by atoms with van der Waals surface area (Å²) >= 11 is 1.52. The van der Waals surface area contributed by atoms with Gasteiger partial charge in [-0.2, -0.15) is 4.98 Å². The second kappa shape index (κ2) is 4.51. The van der Waals surface area contributed by atoms with E-state index in [0.717, 1.165) is 21.5 Å². The van der Waals surface area contributed by atoms with Crippen LogP contribution in [-0.2, 0) is 0 Å². The largest absolute Gasteiger partial charge is 0.438 e. The monoisotopic (exact) mass is 271 g/mol. The summed E-state index contributed by atoms with van der Waals surface area (Å²) < 4.78 is 5.89. The van der Waals surface area contributed by atoms with E-state index in [-0.39, 0.29) is 5.95 Å². The Labute approximate surface area is 114 Å². The smallest absolute Gasteiger partial charge is 0.232 e. The van der Waals surface area contributed by atoms with Crippen molar-refractivity contribution >= 4 is 27.5 Å². The Morgan fingerprint density at radius 1 is 1.16 bits per heavy atom. The number of thiophene rings is 1. The van der Waals surface area contributed by atoms with Crippen molar-refractivity contribution in [3.05, 3.63) is 40.8 Å². The Hall–Kier alpha value is -2.14. The molecule has 0 spiro atoms. The first-order valence-corrected chi connectivity index (χ1v) is 6.77. The summed E-state index contributed by atoms with van der Waals surface area (Å²) in [6.45, 7) is 4.06. The lowest BCUT2D eigenvalue weighted by Crippen LogP contribution is -1.98. The summed E-state index contributed by atoms with van der Waals surface area (Å²) in [5.74, 6) is 1.53. The predicted octanol–water partition coefficient (Wildman–Crippen LogP) is 3.68. The quantitative estimate of drug-likeness (QED) is 0.772. The Bertz CT molecular complexity index is 752. The predicted molar refractivity (Wildman–Crippen MR) is 77.8 cm³/mol. The molecule has 0 aliphatic heterocycles. The van der Waals surface area contributed by atoms with Gasteiger partial charge in [0.15, 0.2) is 0 Å². The van der Waals surface area contributed by atoms with Gasteiger partial charge in [0, 0.05) is 0 Å². The molecule has 5 heteroatoms. The molecule has 96 valence electrons. The number of fused-ring (bicyclic) bond motifs is 1. The molecule has 0 radical (unpaired) electrons. The zero-order chi connectivity index (χ0) is 13.4. The van der Waals surface area contributed by atoms with E-state index in [1.54, 1.807) is 0 Å². The number of ether oxygens (including phenoxy) is 1. The number of hydrogen-bond donors (Lipinski definition) is 1. The summed E-state index contributed by atoms with van der Waals surface area (Å²) in [7, 11) is 0. The highest BCUT2D eigenvalue weighted by atomic mass is 32.1. The van der Waals surface area contributed by atoms with E-state index in [1.807, 2.05) is 30.5 Å². The highest BCUT2D eigenvalue weighted by Crippen LogP contribution is 2.32. The second-order valence-corrected chi connectivity index (χ2v) is 5.29. The molecule has 2 heterocycles. The van der Waals surface area contributed by atoms with Gasteiger partial charge in [0.2, 0.25) is 11.8 Å². The average molecular weight is 271 g/mol. The summed E-state index contributed by atoms with van der Waals surface area (Å²) in [6, 6.07) is 7.97. The molecule has 0 unspecified atom stereocenters. The number of anilines is 1. The van der Waals surface area contributed by atoms with Crippen LogP contribution in [0.5, 0.6) is 11.6 Å². The van der Waals surface area contributed by atoms with Crippen LogP contribution in [0.1, 0.15) is 11.1 Å². The fraction of sp³-hybridized carbons (Fsp3) is 0.143. The van der Waals surface area contributed by atoms with Crippen LogP contribution < -0.4 is 10.5 Å². The van der Waals surface area contributed by atoms with Gasteiger partial charge in [-0.25, -0.2) is 4.98 Å². The lowest BCUT2D eigenvalue weighted by Gasteiger charge is -2.09. The lowest BCUT2D eigenvalue weighted by atomic mass is 10.1. The zero-order valence-electron chi connectivity index (χ0n) is 10.7. The van der Waals surface area contributed by atoms with E-state index < -0.39 is 0 Å². The first-order valence-electron chi connectivity index (χ1n) is 5.89. The molecular weight excluding hydrogens is 258 g/mol. The summed E-state index contributed by atoms with van der Waals surface area (Å²) in [5.41, 5.74) is 7.98. The minimum absolute atomic E-state index is 0.231. The molecule has 0 atom stereocenters. The molecule has 19 heavy (non-hydrogen) atoms. The van der Waals surface area contributed by atoms with Crippen molar-refractivity contribution in [2.24, 2.45) is 0 Å². The van der Waals surface area contributed by atoms with Gasteiger partial charge in [-0.1, -0.05) is 17.7 Å². The van der Waals surface area contributed by atoms with E-state index in [2.05, 4.69) is 23.0 Å². The zero-order valence-corrected chi connectivity index (χ0v) is 11.5. The van der Waals surface area contributed by atoms with Gasteiger partial charge in [-0.3, -0.25) is 0 Å². The third-order valence-corrected chi connectivity index (χ3v) is 3.65. The number of rotatable bonds is 2. The summed E-state index contributed by atoms with van der Waals surface area (Å²) in [6.07, 6.45) is 0. The molecule has 2 aromatic heterocycles. The maximum atomic E-state index is 5.89. The number of nitrogens with two attached hydrogens (primary N) is 1. The molecule has 0 bridgehead atoms. The van der Waals surface area contributed by atoms with Crippen LogP contribution >= 0.6 is 11.3 Å². The van der Waals surface area contributed by atoms with E-state index in [1.165, 1.54) is 16.9 Å². The van der Waals surface area contributed by atoms with Crippen molar-refractivity contribution in [1.82, 2.24) is 9.97 Å². The highest BCUT2D eigenvalue weighted by molar-refractivity contribution is 7.16. The van der Waals surface area contributed by atoms with E-state index >= 15 is 0 Å². The van der Waals surface area contributed by atoms with Gasteiger partial charge < -0.3 is 10.5 Å². The molecule has 2 N–H and O–H groups in total. The molecule has 1 aromatic carbocycles. The number of hydrogen-bond acceptors (Lipinski definition) is 5. The molecule has 0 aliphatic rings. The number of aromatic nitrogens is 2. The maximum Gasteiger partial charge on any atom is 0.232 e. The minimum Gasteiger partial charge on any atom is -0.438 e. The molecule has 0 saturated heterocycles. The molecular formula is C14H13N3OS. The lowest BCUT2D eigenvalue weighted by molar-refractivity contribution is 0.465. The maximum absolute atomic E-state index is 5.89. The first-order chi connectivity index (χ1) is 9.13. The number of benzene rings is 1. The Morgan fingerprint density at radius 2 is 2.00 bits per heavy atom. The van der Waals surface area contributed by atoms with Crippen LogP contribution in [0.25, 0.3) is 10.2 Å². The molecule has 0 amide bonds. The fourth-order valence-electron chi connectivity index (χ4n) is 1.94. The average Bonchev–Trinajstić information content (AvgIpc) is 2.80. The van der Waals surface area contributed by atoms with Gasteiger partial charge in [-0.15, -0.1) is 11.3 Å². The molecule has 4 nitrogen and oxygen atoms in total. The van der Waals surface area contributed by atoms with Crippen molar-refractivity contribution in [3.8, 4) is 11.6 Å². The third-order valence-electron chi connectivity index (χ3n) is 2.84. The second-order valence-electron chi connectivity index (χ2n) is 4.40. The van der Waals surface area contributed by atoms with Gasteiger partial charge in [0.25, 0.3) is 0 Å². The fourth-order valence-corrected chi connectivity index (χ4v) is 2.70. The number of nitrogens with zero attached hydrogens (tertiary/aromatic N) is 2. The molecule has 3 aromatic rings. The van der Waals surface area contributed by atoms with Crippen LogP contribution in [0.2, 0.25) is 0 Å². The molecule has 3 rings (SSSR count). The van der Waals surface area contributed by atoms with Crippen LogP contribution in [0.4, 0.5) is 5.95 Å². The van der Waals surface area contributed by atoms with Crippen molar-refractivity contribution < 1.29 is 4.74 Å². The van der Waals surface area contributed by atoms with E-state index in [9.17, 15) is 0 Å². The highest BCUT2D eigenvalue weighted by Gasteiger charge is 2.10. The topological polar surface area (TPSA) is 61.0 Å². The number of nitrogen functional groups attached to an aromatic ring is 1. The van der Waals surface area contributed by atoms with Crippen molar-refractivity contribution in [2.45, 2.75) is 13.8 Å². The molecule has 0 aliphatic carbocycles. The van der Waals surface area contributed by atoms with E-state index in [4.69, 9.17) is 10.5 Å². The van der Waals surface area contributed by atoms with Crippen LogP contribution in [0, 0.1) is 13.8 Å². The summed E-state index contributed by atoms with van der Waals surface area (Å²) in [4.78, 5) is 9.20.